The molecule has 0 aliphatic heterocycles. The third kappa shape index (κ3) is 3.13. The number of aromatic amines is 1. The Morgan fingerprint density at radius 2 is 1.93 bits per heavy atom. The summed E-state index contributed by atoms with van der Waals surface area (Å²) in [6.45, 7) is 3.37. The summed E-state index contributed by atoms with van der Waals surface area (Å²) in [6, 6.07) is 7.25. The minimum Gasteiger partial charge on any atom is -1.00 e. The predicted molar refractivity (Wildman–Crippen MR) is 98.2 cm³/mol. The number of aromatic hydroxyl groups is 1. The van der Waals surface area contributed by atoms with Gasteiger partial charge in [0.25, 0.3) is 0 Å². The summed E-state index contributed by atoms with van der Waals surface area (Å²) in [5.74, 6) is -0.155. The van der Waals surface area contributed by atoms with Crippen LogP contribution < -0.4 is 26.5 Å². The highest BCUT2D eigenvalue weighted by molar-refractivity contribution is 6.16. The van der Waals surface area contributed by atoms with Crippen LogP contribution >= 0.6 is 0 Å². The molecule has 6 nitrogen and oxygen atoms in total. The van der Waals surface area contributed by atoms with E-state index in [1.54, 1.807) is 18.3 Å². The van der Waals surface area contributed by atoms with E-state index in [9.17, 15) is 9.90 Å². The van der Waals surface area contributed by atoms with Crippen LogP contribution in [0.3, 0.4) is 0 Å². The average Bonchev–Trinajstić information content (AvgIpc) is 3.03. The molecule has 0 saturated heterocycles. The number of aliphatic hydroxyl groups excluding tert-OH is 1. The number of pyridine rings is 1. The Bertz CT molecular complexity index is 1180. The van der Waals surface area contributed by atoms with Gasteiger partial charge >= 0.3 is 0 Å². The molecule has 0 aliphatic rings. The molecule has 2 aromatic heterocycles. The van der Waals surface area contributed by atoms with Crippen molar-refractivity contribution in [3.05, 3.63) is 47.8 Å². The Balaban J connectivity index is 0.00000210. The molecule has 7 heteroatoms. The predicted octanol–water partition coefficient (Wildman–Crippen LogP) is -0.922. The van der Waals surface area contributed by atoms with E-state index < -0.39 is 6.61 Å². The van der Waals surface area contributed by atoms with E-state index in [0.29, 0.717) is 0 Å². The second-order valence-corrected chi connectivity index (χ2v) is 6.46. The number of carbonyl (C=O) groups is 1. The van der Waals surface area contributed by atoms with Gasteiger partial charge in [0.15, 0.2) is 0 Å². The minimum absolute atomic E-state index is 0. The minimum atomic E-state index is -0.536. The van der Waals surface area contributed by atoms with Crippen molar-refractivity contribution in [3.63, 3.8) is 0 Å². The van der Waals surface area contributed by atoms with Gasteiger partial charge < -0.3 is 32.2 Å². The van der Waals surface area contributed by atoms with Gasteiger partial charge in [0.2, 0.25) is 24.8 Å². The van der Waals surface area contributed by atoms with Gasteiger partial charge in [-0.3, -0.25) is 9.63 Å². The molecule has 2 aromatic carbocycles. The normalized spacial score (nSPS) is 11.1. The third-order valence-corrected chi connectivity index (χ3v) is 4.83. The monoisotopic (exact) mass is 430 g/mol. The Labute approximate surface area is 165 Å². The molecule has 27 heavy (non-hydrogen) atoms. The highest BCUT2D eigenvalue weighted by atomic mass is 79.9. The summed E-state index contributed by atoms with van der Waals surface area (Å²) in [7, 11) is 0. The van der Waals surface area contributed by atoms with E-state index in [2.05, 4.69) is 11.9 Å². The second kappa shape index (κ2) is 7.17. The lowest BCUT2D eigenvalue weighted by Crippen LogP contribution is -3.00. The van der Waals surface area contributed by atoms with Crippen molar-refractivity contribution in [1.82, 2.24) is 4.98 Å². The molecule has 0 amide bonds. The van der Waals surface area contributed by atoms with E-state index in [1.165, 1.54) is 4.73 Å². The molecule has 0 unspecified atom stereocenters. The smallest absolute Gasteiger partial charge is 0.230 e. The molecule has 2 heterocycles. The summed E-state index contributed by atoms with van der Waals surface area (Å²) in [5, 5.41) is 22.8. The fraction of sp³-hybridized carbons (Fsp3) is 0.200. The van der Waals surface area contributed by atoms with E-state index in [-0.39, 0.29) is 35.1 Å². The molecular weight excluding hydrogens is 412 g/mol. The standard InChI is InChI=1S/C20H18N2O4.BrH/c1-11-17-8-22(26-10-14(25)9-23)6-5-15(17)12(2)20-19(11)16-7-13(24)3-4-18(16)21-20;/h3-8,23-24H,9-10H2,1-2H3;1H. The molecule has 0 bridgehead atoms. The number of hydrogen-bond donors (Lipinski definition) is 3. The van der Waals surface area contributed by atoms with Gasteiger partial charge in [-0.1, -0.05) is 0 Å². The Hall–Kier alpha value is -2.64. The number of ketones is 1. The lowest BCUT2D eigenvalue weighted by atomic mass is 9.97. The average molecular weight is 431 g/mol. The summed E-state index contributed by atoms with van der Waals surface area (Å²) in [4.78, 5) is 20.1. The summed E-state index contributed by atoms with van der Waals surface area (Å²) < 4.78 is 1.49. The summed E-state index contributed by atoms with van der Waals surface area (Å²) >= 11 is 0. The van der Waals surface area contributed by atoms with Gasteiger partial charge in [0.05, 0.1) is 10.9 Å². The fourth-order valence-corrected chi connectivity index (χ4v) is 3.50. The van der Waals surface area contributed by atoms with Crippen LogP contribution in [0.4, 0.5) is 0 Å². The molecular formula is C20H19BrN2O4. The molecule has 4 aromatic rings. The Kier molecular flexibility index (Phi) is 5.08. The maximum absolute atomic E-state index is 11.3. The van der Waals surface area contributed by atoms with Crippen LogP contribution in [0.15, 0.2) is 36.7 Å². The number of halogens is 1. The number of fused-ring (bicyclic) bond motifs is 4. The van der Waals surface area contributed by atoms with E-state index in [4.69, 9.17) is 9.94 Å². The van der Waals surface area contributed by atoms with Crippen LogP contribution in [0, 0.1) is 13.8 Å². The van der Waals surface area contributed by atoms with Crippen molar-refractivity contribution in [2.75, 3.05) is 13.2 Å². The number of aromatic nitrogens is 2. The first kappa shape index (κ1) is 19.1. The fourth-order valence-electron chi connectivity index (χ4n) is 3.50. The summed E-state index contributed by atoms with van der Waals surface area (Å²) in [5.41, 5.74) is 4.18. The number of phenolic OH excluding ortho intramolecular Hbond substituents is 1. The number of benzene rings is 2. The number of nitrogens with one attached hydrogen (secondary N) is 1. The van der Waals surface area contributed by atoms with Crippen molar-refractivity contribution in [2.24, 2.45) is 0 Å². The van der Waals surface area contributed by atoms with Crippen molar-refractivity contribution in [1.29, 1.82) is 0 Å². The first-order valence-electron chi connectivity index (χ1n) is 8.34. The Morgan fingerprint density at radius 3 is 2.67 bits per heavy atom. The molecule has 140 valence electrons. The molecule has 0 spiro atoms. The molecule has 0 saturated carbocycles. The van der Waals surface area contributed by atoms with Gasteiger partial charge in [0, 0.05) is 27.1 Å². The maximum Gasteiger partial charge on any atom is 0.230 e. The lowest BCUT2D eigenvalue weighted by Gasteiger charge is -2.08. The van der Waals surface area contributed by atoms with Crippen LogP contribution in [0.25, 0.3) is 32.6 Å². The highest BCUT2D eigenvalue weighted by Gasteiger charge is 2.17. The molecule has 0 fully saturated rings. The van der Waals surface area contributed by atoms with Gasteiger partial charge in [0.1, 0.15) is 12.4 Å². The quantitative estimate of drug-likeness (QED) is 0.365. The first-order valence-corrected chi connectivity index (χ1v) is 8.34. The number of rotatable bonds is 4. The molecule has 0 radical (unpaired) electrons. The number of H-pyrrole nitrogens is 1. The SMILES string of the molecule is Cc1c2cc[n+](OCC(=O)CO)cc2c(C)c2c1[nH]c1ccc(O)cc12.[Br-]. The van der Waals surface area contributed by atoms with Gasteiger partial charge in [-0.15, -0.1) is 0 Å². The number of nitrogens with zero attached hydrogens (tertiary/aromatic N) is 1. The zero-order chi connectivity index (χ0) is 18.4. The highest BCUT2D eigenvalue weighted by Crippen LogP contribution is 2.36. The number of aliphatic hydroxyl groups is 1. The molecule has 0 atom stereocenters. The number of carbonyl (C=O) groups excluding carboxylic acids is 1. The van der Waals surface area contributed by atoms with Gasteiger partial charge in [-0.25, -0.2) is 0 Å². The number of phenols is 1. The van der Waals surface area contributed by atoms with Crippen LogP contribution in [-0.2, 0) is 4.79 Å². The molecule has 4 rings (SSSR count). The van der Waals surface area contributed by atoms with Gasteiger partial charge in [-0.2, -0.15) is 0 Å². The first-order chi connectivity index (χ1) is 12.5. The summed E-state index contributed by atoms with van der Waals surface area (Å²) in [6.07, 6.45) is 3.59. The maximum atomic E-state index is 11.3. The topological polar surface area (TPSA) is 86.4 Å². The van der Waals surface area contributed by atoms with Crippen LogP contribution in [-0.4, -0.2) is 34.2 Å². The molecule has 3 N–H and O–H groups in total. The van der Waals surface area contributed by atoms with E-state index in [1.807, 2.05) is 25.3 Å². The van der Waals surface area contributed by atoms with Gasteiger partial charge in [-0.05, 0) is 48.6 Å². The molecule has 0 aliphatic carbocycles. The number of Topliss-reactive ketones (excluding diaryl/α,β-unsaturated/α-hetero) is 1. The zero-order valence-electron chi connectivity index (χ0n) is 14.9. The second-order valence-electron chi connectivity index (χ2n) is 6.46. The number of aryl methyl sites for hydroxylation is 2. The van der Waals surface area contributed by atoms with Crippen LogP contribution in [0.5, 0.6) is 5.75 Å². The zero-order valence-corrected chi connectivity index (χ0v) is 16.5. The van der Waals surface area contributed by atoms with Crippen molar-refractivity contribution >= 4 is 38.4 Å². The Morgan fingerprint density at radius 1 is 1.15 bits per heavy atom. The largest absolute Gasteiger partial charge is 1.00 e. The van der Waals surface area contributed by atoms with Crippen LogP contribution in [0.2, 0.25) is 0 Å². The van der Waals surface area contributed by atoms with Crippen molar-refractivity contribution < 1.29 is 41.6 Å². The van der Waals surface area contributed by atoms with Crippen molar-refractivity contribution in [3.8, 4) is 5.75 Å². The third-order valence-electron chi connectivity index (χ3n) is 4.83. The lowest BCUT2D eigenvalue weighted by molar-refractivity contribution is -0.888. The van der Waals surface area contributed by atoms with Crippen LogP contribution in [0.1, 0.15) is 11.1 Å². The number of hydrogen-bond acceptors (Lipinski definition) is 4. The van der Waals surface area contributed by atoms with Crippen molar-refractivity contribution in [2.45, 2.75) is 13.8 Å². The van der Waals surface area contributed by atoms with E-state index in [0.717, 1.165) is 43.7 Å². The van der Waals surface area contributed by atoms with E-state index >= 15 is 0 Å².